The summed E-state index contributed by atoms with van der Waals surface area (Å²) in [5.74, 6) is 0. The van der Waals surface area contributed by atoms with E-state index in [2.05, 4.69) is 11.6 Å². The first-order valence-electron chi connectivity index (χ1n) is 5.72. The number of nitrogens with one attached hydrogen (secondary N) is 1. The normalized spacial score (nSPS) is 30.2. The van der Waals surface area contributed by atoms with Gasteiger partial charge in [0.15, 0.2) is 0 Å². The molecule has 0 saturated heterocycles. The molecule has 14 heavy (non-hydrogen) atoms. The summed E-state index contributed by atoms with van der Waals surface area (Å²) in [6.07, 6.45) is 8.21. The largest absolute Gasteiger partial charge is 0.392 e. The fourth-order valence-corrected chi connectivity index (χ4v) is 3.01. The summed E-state index contributed by atoms with van der Waals surface area (Å²) in [4.78, 5) is 0. The number of thioether (sulfide) groups is 1. The molecule has 2 nitrogen and oxygen atoms in total. The van der Waals surface area contributed by atoms with Gasteiger partial charge in [-0.3, -0.25) is 0 Å². The number of hydrogen-bond acceptors (Lipinski definition) is 3. The Morgan fingerprint density at radius 2 is 2.14 bits per heavy atom. The highest BCUT2D eigenvalue weighted by atomic mass is 32.2. The average Bonchev–Trinajstić information content (AvgIpc) is 2.26. The Labute approximate surface area is 91.9 Å². The second kappa shape index (κ2) is 6.70. The lowest BCUT2D eigenvalue weighted by atomic mass is 9.94. The Hall–Kier alpha value is 0.270. The first-order chi connectivity index (χ1) is 6.77. The highest BCUT2D eigenvalue weighted by molar-refractivity contribution is 7.99. The van der Waals surface area contributed by atoms with E-state index in [0.29, 0.717) is 6.04 Å². The molecule has 0 aromatic rings. The molecular weight excluding hydrogens is 194 g/mol. The van der Waals surface area contributed by atoms with Gasteiger partial charge in [-0.05, 0) is 25.5 Å². The van der Waals surface area contributed by atoms with Crippen molar-refractivity contribution < 1.29 is 5.11 Å². The second-order valence-corrected chi connectivity index (χ2v) is 5.21. The number of hydrogen-bond donors (Lipinski definition) is 2. The van der Waals surface area contributed by atoms with Crippen LogP contribution >= 0.6 is 11.8 Å². The lowest BCUT2D eigenvalue weighted by molar-refractivity contribution is 0.159. The molecule has 3 heteroatoms. The zero-order valence-electron chi connectivity index (χ0n) is 9.33. The van der Waals surface area contributed by atoms with Crippen LogP contribution in [0.2, 0.25) is 0 Å². The summed E-state index contributed by atoms with van der Waals surface area (Å²) in [5.41, 5.74) is 0. The van der Waals surface area contributed by atoms with Crippen molar-refractivity contribution in [2.45, 2.75) is 56.4 Å². The van der Waals surface area contributed by atoms with E-state index in [1.54, 1.807) is 0 Å². The van der Waals surface area contributed by atoms with Crippen LogP contribution in [0.4, 0.5) is 0 Å². The van der Waals surface area contributed by atoms with Gasteiger partial charge >= 0.3 is 0 Å². The van der Waals surface area contributed by atoms with Crippen LogP contribution in [0.3, 0.4) is 0 Å². The molecule has 1 saturated carbocycles. The van der Waals surface area contributed by atoms with E-state index >= 15 is 0 Å². The topological polar surface area (TPSA) is 32.3 Å². The van der Waals surface area contributed by atoms with Crippen molar-refractivity contribution in [2.75, 3.05) is 12.8 Å². The third-order valence-corrected chi connectivity index (χ3v) is 4.26. The van der Waals surface area contributed by atoms with E-state index in [0.717, 1.165) is 18.2 Å². The third kappa shape index (κ3) is 3.79. The fraction of sp³-hybridized carbons (Fsp3) is 1.00. The van der Waals surface area contributed by atoms with Gasteiger partial charge in [0, 0.05) is 17.8 Å². The summed E-state index contributed by atoms with van der Waals surface area (Å²) >= 11 is 1.97. The molecule has 3 atom stereocenters. The molecule has 0 bridgehead atoms. The van der Waals surface area contributed by atoms with Gasteiger partial charge in [0.25, 0.3) is 0 Å². The van der Waals surface area contributed by atoms with Gasteiger partial charge in [-0.15, -0.1) is 0 Å². The Balaban J connectivity index is 2.26. The Morgan fingerprint density at radius 1 is 1.43 bits per heavy atom. The highest BCUT2D eigenvalue weighted by Crippen LogP contribution is 2.26. The average molecular weight is 217 g/mol. The smallest absolute Gasteiger partial charge is 0.0662 e. The predicted molar refractivity (Wildman–Crippen MR) is 63.9 cm³/mol. The van der Waals surface area contributed by atoms with Crippen LogP contribution in [0.5, 0.6) is 0 Å². The molecule has 2 N–H and O–H groups in total. The molecule has 0 aromatic heterocycles. The van der Waals surface area contributed by atoms with Crippen LogP contribution in [0, 0.1) is 0 Å². The third-order valence-electron chi connectivity index (χ3n) is 3.09. The summed E-state index contributed by atoms with van der Waals surface area (Å²) < 4.78 is 0. The summed E-state index contributed by atoms with van der Waals surface area (Å²) in [6, 6.07) is 0.625. The molecule has 0 heterocycles. The minimum Gasteiger partial charge on any atom is -0.392 e. The molecular formula is C11H23NOS. The van der Waals surface area contributed by atoms with Gasteiger partial charge in [-0.1, -0.05) is 19.8 Å². The number of aliphatic hydroxyl groups excluding tert-OH is 1. The molecule has 1 rings (SSSR count). The molecule has 1 aliphatic carbocycles. The molecule has 0 radical (unpaired) electrons. The molecule has 3 unspecified atom stereocenters. The first-order valence-corrected chi connectivity index (χ1v) is 7.01. The molecule has 0 amide bonds. The van der Waals surface area contributed by atoms with Crippen molar-refractivity contribution in [3.05, 3.63) is 0 Å². The van der Waals surface area contributed by atoms with Crippen molar-refractivity contribution in [1.82, 2.24) is 5.32 Å². The van der Waals surface area contributed by atoms with E-state index in [1.807, 2.05) is 18.7 Å². The van der Waals surface area contributed by atoms with E-state index in [-0.39, 0.29) is 6.10 Å². The molecule has 0 aromatic carbocycles. The SMILES string of the molecule is CCC(O)CNC1CCCCC1SC. The van der Waals surface area contributed by atoms with Gasteiger partial charge in [-0.25, -0.2) is 0 Å². The standard InChI is InChI=1S/C11H23NOS/c1-3-9(13)8-12-10-6-4-5-7-11(10)14-2/h9-13H,3-8H2,1-2H3. The van der Waals surface area contributed by atoms with Gasteiger partial charge in [0.2, 0.25) is 0 Å². The maximum Gasteiger partial charge on any atom is 0.0662 e. The summed E-state index contributed by atoms with van der Waals surface area (Å²) in [6.45, 7) is 2.79. The zero-order valence-corrected chi connectivity index (χ0v) is 10.1. The molecule has 1 aliphatic rings. The Morgan fingerprint density at radius 3 is 2.79 bits per heavy atom. The van der Waals surface area contributed by atoms with Crippen LogP contribution in [-0.4, -0.2) is 35.3 Å². The van der Waals surface area contributed by atoms with Crippen LogP contribution in [0.15, 0.2) is 0 Å². The zero-order chi connectivity index (χ0) is 10.4. The second-order valence-electron chi connectivity index (χ2n) is 4.14. The van der Waals surface area contributed by atoms with E-state index in [4.69, 9.17) is 0 Å². The van der Waals surface area contributed by atoms with E-state index in [1.165, 1.54) is 25.7 Å². The summed E-state index contributed by atoms with van der Waals surface area (Å²) in [7, 11) is 0. The molecule has 84 valence electrons. The van der Waals surface area contributed by atoms with Gasteiger partial charge in [0.1, 0.15) is 0 Å². The van der Waals surface area contributed by atoms with Crippen molar-refractivity contribution in [3.63, 3.8) is 0 Å². The molecule has 1 fully saturated rings. The fourth-order valence-electron chi connectivity index (χ4n) is 2.04. The van der Waals surface area contributed by atoms with Gasteiger partial charge in [0.05, 0.1) is 6.10 Å². The highest BCUT2D eigenvalue weighted by Gasteiger charge is 2.23. The molecule has 0 spiro atoms. The molecule has 0 aliphatic heterocycles. The Bertz CT molecular complexity index is 154. The van der Waals surface area contributed by atoms with E-state index in [9.17, 15) is 5.11 Å². The van der Waals surface area contributed by atoms with Crippen LogP contribution < -0.4 is 5.32 Å². The number of aliphatic hydroxyl groups is 1. The lowest BCUT2D eigenvalue weighted by Crippen LogP contribution is -2.43. The number of rotatable bonds is 5. The van der Waals surface area contributed by atoms with E-state index < -0.39 is 0 Å². The summed E-state index contributed by atoms with van der Waals surface area (Å²) in [5, 5.41) is 13.7. The first kappa shape index (κ1) is 12.3. The lowest BCUT2D eigenvalue weighted by Gasteiger charge is -2.31. The maximum absolute atomic E-state index is 9.48. The maximum atomic E-state index is 9.48. The van der Waals surface area contributed by atoms with Crippen molar-refractivity contribution in [1.29, 1.82) is 0 Å². The van der Waals surface area contributed by atoms with Crippen molar-refractivity contribution in [3.8, 4) is 0 Å². The minimum atomic E-state index is -0.167. The van der Waals surface area contributed by atoms with Gasteiger partial charge in [-0.2, -0.15) is 11.8 Å². The monoisotopic (exact) mass is 217 g/mol. The quantitative estimate of drug-likeness (QED) is 0.739. The van der Waals surface area contributed by atoms with Crippen LogP contribution in [-0.2, 0) is 0 Å². The van der Waals surface area contributed by atoms with Gasteiger partial charge < -0.3 is 10.4 Å². The van der Waals surface area contributed by atoms with Crippen LogP contribution in [0.1, 0.15) is 39.0 Å². The van der Waals surface area contributed by atoms with Crippen molar-refractivity contribution in [2.24, 2.45) is 0 Å². The predicted octanol–water partition coefficient (Wildman–Crippen LogP) is 2.02. The van der Waals surface area contributed by atoms with Crippen molar-refractivity contribution >= 4 is 11.8 Å². The van der Waals surface area contributed by atoms with Crippen LogP contribution in [0.25, 0.3) is 0 Å². The minimum absolute atomic E-state index is 0.167. The Kier molecular flexibility index (Phi) is 5.90.